The van der Waals surface area contributed by atoms with Crippen LogP contribution in [0.25, 0.3) is 0 Å². The predicted molar refractivity (Wildman–Crippen MR) is 99.5 cm³/mol. The van der Waals surface area contributed by atoms with Crippen LogP contribution in [0.3, 0.4) is 0 Å². The molecule has 1 N–H and O–H groups in total. The summed E-state index contributed by atoms with van der Waals surface area (Å²) in [5, 5.41) is 4.09. The topological polar surface area (TPSA) is 69.2 Å². The van der Waals surface area contributed by atoms with E-state index in [4.69, 9.17) is 14.2 Å². The Morgan fingerprint density at radius 2 is 1.76 bits per heavy atom. The molecule has 0 saturated carbocycles. The van der Waals surface area contributed by atoms with E-state index in [-0.39, 0.29) is 12.5 Å². The number of nitrogens with one attached hydrogen (secondary N) is 1. The predicted octanol–water partition coefficient (Wildman–Crippen LogP) is 3.39. The summed E-state index contributed by atoms with van der Waals surface area (Å²) in [7, 11) is 3.14. The van der Waals surface area contributed by atoms with Gasteiger partial charge in [-0.1, -0.05) is 12.1 Å². The largest absolute Gasteiger partial charge is 0.496 e. The number of benzene rings is 2. The van der Waals surface area contributed by atoms with Crippen LogP contribution in [0.1, 0.15) is 12.5 Å². The standard InChI is InChI=1S/C18H19BrN2O4/c1-12(13-8-9-15(23-2)14(19)10-13)20-21-18(22)11-25-17-7-5-4-6-16(17)24-3/h4-10H,11H2,1-3H3,(H,21,22)/b20-12+. The zero-order valence-corrected chi connectivity index (χ0v) is 15.8. The quantitative estimate of drug-likeness (QED) is 0.565. The highest BCUT2D eigenvalue weighted by Crippen LogP contribution is 2.26. The number of nitrogens with zero attached hydrogens (tertiary/aromatic N) is 1. The number of hydrazone groups is 1. The summed E-state index contributed by atoms with van der Waals surface area (Å²) in [5.74, 6) is 1.43. The van der Waals surface area contributed by atoms with E-state index in [2.05, 4.69) is 26.5 Å². The number of carbonyl (C=O) groups is 1. The second-order valence-corrected chi connectivity index (χ2v) is 5.88. The Hall–Kier alpha value is -2.54. The van der Waals surface area contributed by atoms with Crippen molar-refractivity contribution < 1.29 is 19.0 Å². The Morgan fingerprint density at radius 1 is 1.08 bits per heavy atom. The molecule has 0 bridgehead atoms. The molecule has 2 rings (SSSR count). The second-order valence-electron chi connectivity index (χ2n) is 5.02. The lowest BCUT2D eigenvalue weighted by Gasteiger charge is -2.09. The molecular weight excluding hydrogens is 388 g/mol. The lowest BCUT2D eigenvalue weighted by molar-refractivity contribution is -0.123. The van der Waals surface area contributed by atoms with Crippen molar-refractivity contribution in [3.05, 3.63) is 52.5 Å². The molecular formula is C18H19BrN2O4. The molecule has 1 amide bonds. The first-order valence-corrected chi connectivity index (χ1v) is 8.27. The summed E-state index contributed by atoms with van der Waals surface area (Å²) in [6.45, 7) is 1.64. The van der Waals surface area contributed by atoms with E-state index in [9.17, 15) is 4.79 Å². The highest BCUT2D eigenvalue weighted by Gasteiger charge is 2.07. The third-order valence-electron chi connectivity index (χ3n) is 3.35. The molecule has 132 valence electrons. The molecule has 2 aromatic carbocycles. The van der Waals surface area contributed by atoms with Crippen LogP contribution in [-0.4, -0.2) is 32.4 Å². The minimum Gasteiger partial charge on any atom is -0.496 e. The maximum absolute atomic E-state index is 11.9. The van der Waals surface area contributed by atoms with Crippen LogP contribution in [0.5, 0.6) is 17.2 Å². The lowest BCUT2D eigenvalue weighted by atomic mass is 10.1. The fourth-order valence-electron chi connectivity index (χ4n) is 2.02. The number of rotatable bonds is 7. The monoisotopic (exact) mass is 406 g/mol. The van der Waals surface area contributed by atoms with Gasteiger partial charge >= 0.3 is 0 Å². The lowest BCUT2D eigenvalue weighted by Crippen LogP contribution is -2.25. The first kappa shape index (κ1) is 18.8. The zero-order valence-electron chi connectivity index (χ0n) is 14.2. The van der Waals surface area contributed by atoms with Crippen molar-refractivity contribution in [3.8, 4) is 17.2 Å². The number of hydrogen-bond acceptors (Lipinski definition) is 5. The van der Waals surface area contributed by atoms with Crippen LogP contribution in [-0.2, 0) is 4.79 Å². The van der Waals surface area contributed by atoms with Gasteiger partial charge in [-0.3, -0.25) is 4.79 Å². The van der Waals surface area contributed by atoms with Gasteiger partial charge in [-0.2, -0.15) is 5.10 Å². The van der Waals surface area contributed by atoms with Crippen LogP contribution >= 0.6 is 15.9 Å². The minimum atomic E-state index is -0.363. The van der Waals surface area contributed by atoms with Crippen molar-refractivity contribution in [2.75, 3.05) is 20.8 Å². The summed E-state index contributed by atoms with van der Waals surface area (Å²) < 4.78 is 16.6. The average Bonchev–Trinajstić information content (AvgIpc) is 2.64. The molecule has 2 aromatic rings. The first-order chi connectivity index (χ1) is 12.0. The van der Waals surface area contributed by atoms with Crippen LogP contribution in [0.4, 0.5) is 0 Å². The van der Waals surface area contributed by atoms with Gasteiger partial charge in [-0.15, -0.1) is 0 Å². The van der Waals surface area contributed by atoms with Gasteiger partial charge in [0.1, 0.15) is 5.75 Å². The van der Waals surface area contributed by atoms with Crippen molar-refractivity contribution in [2.24, 2.45) is 5.10 Å². The van der Waals surface area contributed by atoms with Gasteiger partial charge < -0.3 is 14.2 Å². The van der Waals surface area contributed by atoms with Crippen LogP contribution < -0.4 is 19.6 Å². The molecule has 0 radical (unpaired) electrons. The van der Waals surface area contributed by atoms with Crippen molar-refractivity contribution in [2.45, 2.75) is 6.92 Å². The maximum atomic E-state index is 11.9. The molecule has 0 aliphatic carbocycles. The molecule has 0 spiro atoms. The summed E-state index contributed by atoms with van der Waals surface area (Å²) in [6, 6.07) is 12.7. The Labute approximate surface area is 154 Å². The van der Waals surface area contributed by atoms with E-state index >= 15 is 0 Å². The van der Waals surface area contributed by atoms with E-state index in [0.717, 1.165) is 15.8 Å². The van der Waals surface area contributed by atoms with Crippen molar-refractivity contribution in [3.63, 3.8) is 0 Å². The molecule has 6 nitrogen and oxygen atoms in total. The fraction of sp³-hybridized carbons (Fsp3) is 0.222. The van der Waals surface area contributed by atoms with Crippen LogP contribution in [0, 0.1) is 0 Å². The Bertz CT molecular complexity index is 777. The molecule has 25 heavy (non-hydrogen) atoms. The van der Waals surface area contributed by atoms with E-state index in [1.807, 2.05) is 24.3 Å². The van der Waals surface area contributed by atoms with Crippen molar-refractivity contribution in [1.29, 1.82) is 0 Å². The summed E-state index contributed by atoms with van der Waals surface area (Å²) in [6.07, 6.45) is 0. The molecule has 7 heteroatoms. The molecule has 0 fully saturated rings. The second kappa shape index (κ2) is 9.08. The Kier molecular flexibility index (Phi) is 6.82. The first-order valence-electron chi connectivity index (χ1n) is 7.48. The molecule has 0 aliphatic heterocycles. The van der Waals surface area contributed by atoms with Gasteiger partial charge in [0.05, 0.1) is 24.4 Å². The smallest absolute Gasteiger partial charge is 0.277 e. The zero-order chi connectivity index (χ0) is 18.2. The molecule has 0 aromatic heterocycles. The SMILES string of the molecule is COc1ccc(/C(C)=N/NC(=O)COc2ccccc2OC)cc1Br. The van der Waals surface area contributed by atoms with Crippen molar-refractivity contribution >= 4 is 27.5 Å². The number of para-hydroxylation sites is 2. The fourth-order valence-corrected chi connectivity index (χ4v) is 2.56. The third-order valence-corrected chi connectivity index (χ3v) is 3.97. The average molecular weight is 407 g/mol. The number of carbonyl (C=O) groups excluding carboxylic acids is 1. The van der Waals surface area contributed by atoms with Crippen molar-refractivity contribution in [1.82, 2.24) is 5.43 Å². The number of halogens is 1. The molecule has 0 heterocycles. The number of ether oxygens (including phenoxy) is 3. The summed E-state index contributed by atoms with van der Waals surface area (Å²) >= 11 is 3.42. The number of amides is 1. The normalized spacial score (nSPS) is 11.0. The van der Waals surface area contributed by atoms with Crippen LogP contribution in [0.2, 0.25) is 0 Å². The highest BCUT2D eigenvalue weighted by molar-refractivity contribution is 9.10. The van der Waals surface area contributed by atoms with Gasteiger partial charge in [0.15, 0.2) is 18.1 Å². The van der Waals surface area contributed by atoms with E-state index in [1.54, 1.807) is 39.3 Å². The Balaban J connectivity index is 1.94. The number of methoxy groups -OCH3 is 2. The number of hydrogen-bond donors (Lipinski definition) is 1. The van der Waals surface area contributed by atoms with Gasteiger partial charge in [0, 0.05) is 0 Å². The van der Waals surface area contributed by atoms with Gasteiger partial charge in [0.25, 0.3) is 5.91 Å². The summed E-state index contributed by atoms with van der Waals surface area (Å²) in [4.78, 5) is 11.9. The van der Waals surface area contributed by atoms with Gasteiger partial charge in [-0.25, -0.2) is 5.43 Å². The summed E-state index contributed by atoms with van der Waals surface area (Å²) in [5.41, 5.74) is 3.99. The maximum Gasteiger partial charge on any atom is 0.277 e. The van der Waals surface area contributed by atoms with Crippen LogP contribution in [0.15, 0.2) is 52.0 Å². The molecule has 0 atom stereocenters. The molecule has 0 unspecified atom stereocenters. The van der Waals surface area contributed by atoms with E-state index in [0.29, 0.717) is 17.2 Å². The van der Waals surface area contributed by atoms with Gasteiger partial charge in [0.2, 0.25) is 0 Å². The minimum absolute atomic E-state index is 0.163. The highest BCUT2D eigenvalue weighted by atomic mass is 79.9. The molecule has 0 saturated heterocycles. The molecule has 0 aliphatic rings. The third kappa shape index (κ3) is 5.22. The van der Waals surface area contributed by atoms with E-state index in [1.165, 1.54) is 0 Å². The Morgan fingerprint density at radius 3 is 2.40 bits per heavy atom. The van der Waals surface area contributed by atoms with E-state index < -0.39 is 0 Å². The van der Waals surface area contributed by atoms with Gasteiger partial charge in [-0.05, 0) is 58.7 Å².